The van der Waals surface area contributed by atoms with Crippen molar-refractivity contribution in [2.24, 2.45) is 4.99 Å². The van der Waals surface area contributed by atoms with Crippen molar-refractivity contribution in [1.29, 1.82) is 0 Å². The molecule has 0 spiro atoms. The third-order valence-corrected chi connectivity index (χ3v) is 7.31. The highest BCUT2D eigenvalue weighted by molar-refractivity contribution is 5.84. The summed E-state index contributed by atoms with van der Waals surface area (Å²) in [7, 11) is 2.12. The Balaban J connectivity index is 1.55. The molecule has 1 N–H and O–H groups in total. The van der Waals surface area contributed by atoms with E-state index >= 15 is 0 Å². The van der Waals surface area contributed by atoms with Gasteiger partial charge >= 0.3 is 6.36 Å². The number of halogens is 3. The summed E-state index contributed by atoms with van der Waals surface area (Å²) in [5.41, 5.74) is 6.30. The quantitative estimate of drug-likeness (QED) is 0.251. The van der Waals surface area contributed by atoms with Gasteiger partial charge in [0.2, 0.25) is 0 Å². The molecule has 1 aliphatic carbocycles. The highest BCUT2D eigenvalue weighted by Crippen LogP contribution is 2.32. The highest BCUT2D eigenvalue weighted by Gasteiger charge is 2.31. The monoisotopic (exact) mass is 558 g/mol. The molecule has 0 atom stereocenters. The molecule has 2 aromatic carbocycles. The van der Waals surface area contributed by atoms with Gasteiger partial charge in [-0.05, 0) is 101 Å². The number of aromatic nitrogens is 3. The standard InChI is InChI=1S/C31H29F3N6O/c1-20-24(7-5-15-35-20)37-26-18-28-30(19-27(26)36-21-13-16-39(2)17-14-21)40(29-8-4-3-6-25(29)38-28)22-9-11-23(12-10-22)41-31(32,33)34/h3-12,15,18-19,21,37H,13-14,16-17H2,1-2H3/b36-27+. The largest absolute Gasteiger partial charge is 0.573 e. The van der Waals surface area contributed by atoms with Gasteiger partial charge in [-0.3, -0.25) is 9.98 Å². The number of rotatable bonds is 5. The molecule has 1 fully saturated rings. The Bertz CT molecular complexity index is 1720. The van der Waals surface area contributed by atoms with Crippen molar-refractivity contribution in [3.8, 4) is 22.8 Å². The molecular weight excluding hydrogens is 529 g/mol. The Kier molecular flexibility index (Phi) is 7.08. The summed E-state index contributed by atoms with van der Waals surface area (Å²) < 4.78 is 44.5. The molecule has 210 valence electrons. The van der Waals surface area contributed by atoms with Gasteiger partial charge in [0.15, 0.2) is 0 Å². The van der Waals surface area contributed by atoms with Crippen LogP contribution in [0.4, 0.5) is 24.5 Å². The van der Waals surface area contributed by atoms with Crippen molar-refractivity contribution in [2.75, 3.05) is 25.5 Å². The Morgan fingerprint density at radius 3 is 2.44 bits per heavy atom. The number of pyridine rings is 1. The van der Waals surface area contributed by atoms with E-state index in [2.05, 4.69) is 27.0 Å². The fourth-order valence-electron chi connectivity index (χ4n) is 5.21. The Morgan fingerprint density at radius 1 is 0.951 bits per heavy atom. The van der Waals surface area contributed by atoms with Crippen LogP contribution in [0.1, 0.15) is 18.5 Å². The molecule has 1 aromatic heterocycles. The van der Waals surface area contributed by atoms with Crippen molar-refractivity contribution < 1.29 is 17.9 Å². The second-order valence-electron chi connectivity index (χ2n) is 10.3. The number of hydrogen-bond acceptors (Lipinski definition) is 6. The highest BCUT2D eigenvalue weighted by atomic mass is 19.4. The fraction of sp³-hybridized carbons (Fsp3) is 0.258. The molecule has 6 rings (SSSR count). The van der Waals surface area contributed by atoms with Crippen LogP contribution in [0.5, 0.6) is 5.75 Å². The van der Waals surface area contributed by atoms with Crippen LogP contribution >= 0.6 is 0 Å². The molecule has 0 bridgehead atoms. The van der Waals surface area contributed by atoms with Crippen molar-refractivity contribution >= 4 is 22.4 Å². The average molecular weight is 559 g/mol. The number of hydrogen-bond donors (Lipinski definition) is 1. The maximum Gasteiger partial charge on any atom is 0.573 e. The van der Waals surface area contributed by atoms with Crippen LogP contribution in [0.3, 0.4) is 0 Å². The summed E-state index contributed by atoms with van der Waals surface area (Å²) >= 11 is 0. The minimum Gasteiger partial charge on any atom is -0.406 e. The van der Waals surface area contributed by atoms with E-state index in [1.165, 1.54) is 12.1 Å². The van der Waals surface area contributed by atoms with Gasteiger partial charge in [-0.2, -0.15) is 0 Å². The van der Waals surface area contributed by atoms with Gasteiger partial charge in [0.05, 0.1) is 50.9 Å². The number of para-hydroxylation sites is 2. The number of anilines is 2. The second-order valence-corrected chi connectivity index (χ2v) is 10.3. The van der Waals surface area contributed by atoms with Crippen LogP contribution in [0.15, 0.2) is 84.0 Å². The van der Waals surface area contributed by atoms with Gasteiger partial charge in [-0.15, -0.1) is 13.2 Å². The lowest BCUT2D eigenvalue weighted by atomic mass is 10.1. The Labute approximate surface area is 235 Å². The first-order valence-electron chi connectivity index (χ1n) is 13.5. The number of fused-ring (bicyclic) bond motifs is 2. The smallest absolute Gasteiger partial charge is 0.406 e. The molecule has 7 nitrogen and oxygen atoms in total. The van der Waals surface area contributed by atoms with Gasteiger partial charge in [0, 0.05) is 11.9 Å². The molecule has 3 aliphatic rings. The van der Waals surface area contributed by atoms with Gasteiger partial charge in [-0.25, -0.2) is 4.98 Å². The number of piperidine rings is 1. The number of alkyl halides is 3. The first kappa shape index (κ1) is 26.8. The molecule has 0 unspecified atom stereocenters. The molecule has 0 saturated carbocycles. The predicted molar refractivity (Wildman–Crippen MR) is 153 cm³/mol. The summed E-state index contributed by atoms with van der Waals surface area (Å²) in [6.07, 6.45) is -1.09. The van der Waals surface area contributed by atoms with E-state index in [-0.39, 0.29) is 11.8 Å². The van der Waals surface area contributed by atoms with E-state index in [1.807, 2.05) is 60.0 Å². The van der Waals surface area contributed by atoms with Crippen LogP contribution < -0.4 is 15.4 Å². The molecule has 3 heterocycles. The molecular formula is C31H29F3N6O. The number of aryl methyl sites for hydroxylation is 1. The first-order chi connectivity index (χ1) is 19.7. The zero-order valence-corrected chi connectivity index (χ0v) is 22.7. The summed E-state index contributed by atoms with van der Waals surface area (Å²) in [5.74, 6) is -0.277. The van der Waals surface area contributed by atoms with Gasteiger partial charge in [0.1, 0.15) is 5.75 Å². The topological polar surface area (TPSA) is 67.6 Å². The zero-order chi connectivity index (χ0) is 28.6. The van der Waals surface area contributed by atoms with Crippen molar-refractivity contribution in [2.45, 2.75) is 32.2 Å². The molecule has 0 amide bonds. The summed E-state index contributed by atoms with van der Waals surface area (Å²) in [6.45, 7) is 3.90. The van der Waals surface area contributed by atoms with E-state index in [9.17, 15) is 13.2 Å². The van der Waals surface area contributed by atoms with Crippen molar-refractivity contribution in [1.82, 2.24) is 19.4 Å². The van der Waals surface area contributed by atoms with Crippen molar-refractivity contribution in [3.05, 3.63) is 90.0 Å². The van der Waals surface area contributed by atoms with Crippen molar-refractivity contribution in [3.63, 3.8) is 0 Å². The van der Waals surface area contributed by atoms with Crippen LogP contribution in [0.2, 0.25) is 0 Å². The predicted octanol–water partition coefficient (Wildman–Crippen LogP) is 6.47. The minimum atomic E-state index is -4.76. The lowest BCUT2D eigenvalue weighted by molar-refractivity contribution is -0.274. The van der Waals surface area contributed by atoms with E-state index in [1.54, 1.807) is 18.3 Å². The summed E-state index contributed by atoms with van der Waals surface area (Å²) in [5, 5.41) is 4.32. The first-order valence-corrected chi connectivity index (χ1v) is 13.5. The van der Waals surface area contributed by atoms with Crippen LogP contribution in [0, 0.1) is 6.92 Å². The van der Waals surface area contributed by atoms with E-state index in [4.69, 9.17) is 9.98 Å². The Hall–Kier alpha value is -4.44. The van der Waals surface area contributed by atoms with Gasteiger partial charge < -0.3 is 19.5 Å². The zero-order valence-electron chi connectivity index (χ0n) is 22.7. The second kappa shape index (κ2) is 10.9. The fourth-order valence-corrected chi connectivity index (χ4v) is 5.21. The van der Waals surface area contributed by atoms with Crippen LogP contribution in [-0.2, 0) is 0 Å². The number of likely N-dealkylation sites (tertiary alicyclic amines) is 1. The molecule has 10 heteroatoms. The SMILES string of the molecule is Cc1ncccc1Nc1cc2nc3ccccc3n(-c3ccc(OC(F)(F)F)cc3)c-2c/c1=N\C1CCN(C)CC1. The van der Waals surface area contributed by atoms with E-state index in [0.717, 1.165) is 65.1 Å². The average Bonchev–Trinajstić information content (AvgIpc) is 2.94. The summed E-state index contributed by atoms with van der Waals surface area (Å²) in [4.78, 5) is 16.9. The lowest BCUT2D eigenvalue weighted by Gasteiger charge is -2.27. The van der Waals surface area contributed by atoms with E-state index in [0.29, 0.717) is 11.4 Å². The third-order valence-electron chi connectivity index (χ3n) is 7.31. The number of benzene rings is 3. The van der Waals surface area contributed by atoms with Crippen LogP contribution in [0.25, 0.3) is 28.1 Å². The number of nitrogens with one attached hydrogen (secondary N) is 1. The van der Waals surface area contributed by atoms with Gasteiger partial charge in [0.25, 0.3) is 0 Å². The van der Waals surface area contributed by atoms with Gasteiger partial charge in [-0.1, -0.05) is 12.1 Å². The third kappa shape index (κ3) is 5.88. The molecule has 3 aromatic rings. The minimum absolute atomic E-state index is 0.167. The van der Waals surface area contributed by atoms with Crippen LogP contribution in [-0.4, -0.2) is 52.0 Å². The lowest BCUT2D eigenvalue weighted by Crippen LogP contribution is -2.33. The summed E-state index contributed by atoms with van der Waals surface area (Å²) in [6, 6.07) is 21.6. The maximum absolute atomic E-state index is 12.8. The Morgan fingerprint density at radius 2 is 1.71 bits per heavy atom. The molecule has 41 heavy (non-hydrogen) atoms. The normalized spacial score (nSPS) is 15.5. The van der Waals surface area contributed by atoms with E-state index < -0.39 is 6.36 Å². The molecule has 2 aliphatic heterocycles. The maximum atomic E-state index is 12.8. The molecule has 0 radical (unpaired) electrons. The number of nitrogens with zero attached hydrogens (tertiary/aromatic N) is 5. The number of ether oxygens (including phenoxy) is 1. The molecule has 1 saturated heterocycles.